The predicted molar refractivity (Wildman–Crippen MR) is 88.2 cm³/mol. The molecule has 2 aromatic rings. The summed E-state index contributed by atoms with van der Waals surface area (Å²) in [6, 6.07) is 14.7. The number of methoxy groups -OCH3 is 1. The number of benzene rings is 2. The molecule has 0 bridgehead atoms. The summed E-state index contributed by atoms with van der Waals surface area (Å²) in [6.45, 7) is 2.33. The van der Waals surface area contributed by atoms with E-state index >= 15 is 0 Å². The number of ether oxygens (including phenoxy) is 1. The Morgan fingerprint density at radius 2 is 1.86 bits per heavy atom. The smallest absolute Gasteiger partial charge is 0.315 e. The zero-order valence-corrected chi connectivity index (χ0v) is 13.4. The van der Waals surface area contributed by atoms with Crippen molar-refractivity contribution in [2.24, 2.45) is 0 Å². The average molecular weight is 319 g/mol. The minimum atomic E-state index is -0.228. The predicted octanol–water partition coefficient (Wildman–Crippen LogP) is 3.91. The number of nitrogens with one attached hydrogen (secondary N) is 2. The Kier molecular flexibility index (Phi) is 5.67. The molecule has 0 spiro atoms. The Morgan fingerprint density at radius 3 is 2.55 bits per heavy atom. The first-order valence-corrected chi connectivity index (χ1v) is 7.39. The van der Waals surface area contributed by atoms with Crippen molar-refractivity contribution in [2.45, 2.75) is 19.5 Å². The molecule has 2 amide bonds. The van der Waals surface area contributed by atoms with Crippen LogP contribution in [0.4, 0.5) is 4.79 Å². The fourth-order valence-electron chi connectivity index (χ4n) is 2.11. The van der Waals surface area contributed by atoms with Gasteiger partial charge in [0, 0.05) is 17.1 Å². The molecule has 0 aromatic heterocycles. The SMILES string of the molecule is COc1ccccc1CNC(=O)NC(C)c1ccc(Cl)cc1. The monoisotopic (exact) mass is 318 g/mol. The third-order valence-corrected chi connectivity index (χ3v) is 3.60. The highest BCUT2D eigenvalue weighted by Crippen LogP contribution is 2.17. The Hall–Kier alpha value is -2.20. The molecule has 0 saturated carbocycles. The molecular formula is C17H19ClN2O2. The number of amides is 2. The van der Waals surface area contributed by atoms with Crippen LogP contribution < -0.4 is 15.4 Å². The van der Waals surface area contributed by atoms with Crippen molar-refractivity contribution in [2.75, 3.05) is 7.11 Å². The van der Waals surface area contributed by atoms with Gasteiger partial charge in [0.2, 0.25) is 0 Å². The summed E-state index contributed by atoms with van der Waals surface area (Å²) < 4.78 is 5.26. The van der Waals surface area contributed by atoms with E-state index in [2.05, 4.69) is 10.6 Å². The van der Waals surface area contributed by atoms with Crippen LogP contribution >= 0.6 is 11.6 Å². The standard InChI is InChI=1S/C17H19ClN2O2/c1-12(13-7-9-15(18)10-8-13)20-17(21)19-11-14-5-3-4-6-16(14)22-2/h3-10,12H,11H2,1-2H3,(H2,19,20,21). The van der Waals surface area contributed by atoms with Crippen molar-refractivity contribution in [3.05, 3.63) is 64.7 Å². The Balaban J connectivity index is 1.88. The quantitative estimate of drug-likeness (QED) is 0.878. The molecule has 0 fully saturated rings. The highest BCUT2D eigenvalue weighted by Gasteiger charge is 2.10. The van der Waals surface area contributed by atoms with E-state index in [-0.39, 0.29) is 12.1 Å². The second-order valence-corrected chi connectivity index (χ2v) is 5.35. The van der Waals surface area contributed by atoms with Crippen molar-refractivity contribution < 1.29 is 9.53 Å². The van der Waals surface area contributed by atoms with Crippen molar-refractivity contribution in [3.8, 4) is 5.75 Å². The molecule has 0 heterocycles. The summed E-state index contributed by atoms with van der Waals surface area (Å²) in [7, 11) is 1.61. The molecule has 0 radical (unpaired) electrons. The van der Waals surface area contributed by atoms with E-state index in [9.17, 15) is 4.79 Å². The van der Waals surface area contributed by atoms with Gasteiger partial charge in [-0.1, -0.05) is 41.9 Å². The van der Waals surface area contributed by atoms with Crippen LogP contribution in [0.25, 0.3) is 0 Å². The van der Waals surface area contributed by atoms with Crippen LogP contribution in [-0.2, 0) is 6.54 Å². The van der Waals surface area contributed by atoms with Crippen LogP contribution in [0.1, 0.15) is 24.1 Å². The first-order chi connectivity index (χ1) is 10.6. The number of halogens is 1. The van der Waals surface area contributed by atoms with Gasteiger partial charge >= 0.3 is 6.03 Å². The van der Waals surface area contributed by atoms with Gasteiger partial charge in [0.1, 0.15) is 5.75 Å². The Morgan fingerprint density at radius 1 is 1.18 bits per heavy atom. The van der Waals surface area contributed by atoms with Crippen molar-refractivity contribution >= 4 is 17.6 Å². The molecule has 0 aliphatic carbocycles. The Bertz CT molecular complexity index is 629. The maximum Gasteiger partial charge on any atom is 0.315 e. The van der Waals surface area contributed by atoms with Crippen LogP contribution in [-0.4, -0.2) is 13.1 Å². The lowest BCUT2D eigenvalue weighted by Crippen LogP contribution is -2.36. The third-order valence-electron chi connectivity index (χ3n) is 3.35. The maximum atomic E-state index is 12.0. The lowest BCUT2D eigenvalue weighted by Gasteiger charge is -2.16. The highest BCUT2D eigenvalue weighted by molar-refractivity contribution is 6.30. The summed E-state index contributed by atoms with van der Waals surface area (Å²) >= 11 is 5.86. The lowest BCUT2D eigenvalue weighted by atomic mass is 10.1. The van der Waals surface area contributed by atoms with Gasteiger partial charge in [-0.3, -0.25) is 0 Å². The minimum absolute atomic E-state index is 0.102. The molecule has 22 heavy (non-hydrogen) atoms. The van der Waals surface area contributed by atoms with Gasteiger partial charge < -0.3 is 15.4 Å². The topological polar surface area (TPSA) is 50.4 Å². The van der Waals surface area contributed by atoms with Crippen LogP contribution in [0.5, 0.6) is 5.75 Å². The van der Waals surface area contributed by atoms with Gasteiger partial charge in [0.15, 0.2) is 0 Å². The van der Waals surface area contributed by atoms with E-state index < -0.39 is 0 Å². The highest BCUT2D eigenvalue weighted by atomic mass is 35.5. The first kappa shape index (κ1) is 16.2. The average Bonchev–Trinajstić information content (AvgIpc) is 2.53. The molecular weight excluding hydrogens is 300 g/mol. The molecule has 4 nitrogen and oxygen atoms in total. The molecule has 1 unspecified atom stereocenters. The third kappa shape index (κ3) is 4.40. The van der Waals surface area contributed by atoms with E-state index in [0.717, 1.165) is 16.9 Å². The molecule has 0 aliphatic heterocycles. The molecule has 116 valence electrons. The van der Waals surface area contributed by atoms with E-state index in [0.29, 0.717) is 11.6 Å². The van der Waals surface area contributed by atoms with E-state index in [1.807, 2.05) is 55.5 Å². The lowest BCUT2D eigenvalue weighted by molar-refractivity contribution is 0.237. The molecule has 0 saturated heterocycles. The fourth-order valence-corrected chi connectivity index (χ4v) is 2.23. The van der Waals surface area contributed by atoms with Gasteiger partial charge in [-0.15, -0.1) is 0 Å². The second kappa shape index (κ2) is 7.71. The molecule has 0 aliphatic rings. The number of carbonyl (C=O) groups excluding carboxylic acids is 1. The molecule has 1 atom stereocenters. The van der Waals surface area contributed by atoms with Crippen LogP contribution in [0.2, 0.25) is 5.02 Å². The number of hydrogen-bond donors (Lipinski definition) is 2. The Labute approximate surface area is 135 Å². The van der Waals surface area contributed by atoms with Gasteiger partial charge in [-0.05, 0) is 30.7 Å². The number of rotatable bonds is 5. The largest absolute Gasteiger partial charge is 0.496 e. The first-order valence-electron chi connectivity index (χ1n) is 7.02. The van der Waals surface area contributed by atoms with Gasteiger partial charge in [0.05, 0.1) is 13.2 Å². The van der Waals surface area contributed by atoms with Crippen molar-refractivity contribution in [1.82, 2.24) is 10.6 Å². The zero-order chi connectivity index (χ0) is 15.9. The maximum absolute atomic E-state index is 12.0. The number of hydrogen-bond acceptors (Lipinski definition) is 2. The van der Waals surface area contributed by atoms with Crippen LogP contribution in [0.15, 0.2) is 48.5 Å². The normalized spacial score (nSPS) is 11.6. The van der Waals surface area contributed by atoms with E-state index in [1.54, 1.807) is 7.11 Å². The zero-order valence-electron chi connectivity index (χ0n) is 12.6. The molecule has 2 N–H and O–H groups in total. The summed E-state index contributed by atoms with van der Waals surface area (Å²) in [4.78, 5) is 12.0. The molecule has 2 aromatic carbocycles. The van der Waals surface area contributed by atoms with Crippen LogP contribution in [0, 0.1) is 0 Å². The summed E-state index contributed by atoms with van der Waals surface area (Å²) in [5, 5.41) is 6.40. The number of para-hydroxylation sites is 1. The van der Waals surface area contributed by atoms with Crippen molar-refractivity contribution in [3.63, 3.8) is 0 Å². The fraction of sp³-hybridized carbons (Fsp3) is 0.235. The van der Waals surface area contributed by atoms with Gasteiger partial charge in [0.25, 0.3) is 0 Å². The van der Waals surface area contributed by atoms with E-state index in [4.69, 9.17) is 16.3 Å². The summed E-state index contributed by atoms with van der Waals surface area (Å²) in [6.07, 6.45) is 0. The summed E-state index contributed by atoms with van der Waals surface area (Å²) in [5.41, 5.74) is 1.93. The summed E-state index contributed by atoms with van der Waals surface area (Å²) in [5.74, 6) is 0.758. The number of urea groups is 1. The molecule has 5 heteroatoms. The van der Waals surface area contributed by atoms with Crippen molar-refractivity contribution in [1.29, 1.82) is 0 Å². The number of carbonyl (C=O) groups is 1. The minimum Gasteiger partial charge on any atom is -0.496 e. The van der Waals surface area contributed by atoms with Crippen LogP contribution in [0.3, 0.4) is 0 Å². The second-order valence-electron chi connectivity index (χ2n) is 4.91. The van der Waals surface area contributed by atoms with E-state index in [1.165, 1.54) is 0 Å². The molecule has 2 rings (SSSR count). The van der Waals surface area contributed by atoms with Gasteiger partial charge in [-0.2, -0.15) is 0 Å². The van der Waals surface area contributed by atoms with Gasteiger partial charge in [-0.25, -0.2) is 4.79 Å².